The average molecular weight is 228 g/mol. The topological polar surface area (TPSA) is 61.6 Å². The number of Topliss-reactive ketones (excluding diaryl/α,β-unsaturated/α-hetero) is 1. The molecular formula is C10H10ClNO3. The third kappa shape index (κ3) is 1.56. The molecule has 0 aliphatic carbocycles. The number of ether oxygens (including phenoxy) is 2. The molecule has 0 amide bonds. The van der Waals surface area contributed by atoms with Crippen molar-refractivity contribution in [3.05, 3.63) is 22.2 Å². The van der Waals surface area contributed by atoms with E-state index in [1.54, 1.807) is 13.0 Å². The summed E-state index contributed by atoms with van der Waals surface area (Å²) < 4.78 is 10.4. The third-order valence-corrected chi connectivity index (χ3v) is 2.80. The van der Waals surface area contributed by atoms with E-state index in [0.717, 1.165) is 0 Å². The molecule has 0 fully saturated rings. The Balaban J connectivity index is 2.59. The van der Waals surface area contributed by atoms with Gasteiger partial charge in [0.1, 0.15) is 0 Å². The quantitative estimate of drug-likeness (QED) is 0.779. The number of rotatable bonds is 2. The summed E-state index contributed by atoms with van der Waals surface area (Å²) in [5.41, 5.74) is 6.39. The van der Waals surface area contributed by atoms with Crippen molar-refractivity contribution in [2.45, 2.75) is 6.92 Å². The average Bonchev–Trinajstić information content (AvgIpc) is 2.70. The highest BCUT2D eigenvalue weighted by atomic mass is 35.5. The Hall–Kier alpha value is -1.26. The Morgan fingerprint density at radius 1 is 1.60 bits per heavy atom. The molecule has 2 N–H and O–H groups in total. The Labute approximate surface area is 91.9 Å². The van der Waals surface area contributed by atoms with Crippen LogP contribution in [-0.2, 0) is 0 Å². The van der Waals surface area contributed by atoms with Crippen LogP contribution in [-0.4, -0.2) is 19.1 Å². The maximum atomic E-state index is 11.5. The summed E-state index contributed by atoms with van der Waals surface area (Å²) in [6, 6.07) is 1.58. The van der Waals surface area contributed by atoms with Crippen molar-refractivity contribution in [1.82, 2.24) is 0 Å². The standard InChI is InChI=1S/C10H10ClNO3/c1-5-9(11)6(7(13)3-12)2-8-10(5)15-4-14-8/h2H,3-4,12H2,1H3. The van der Waals surface area contributed by atoms with E-state index >= 15 is 0 Å². The van der Waals surface area contributed by atoms with Gasteiger partial charge in [-0.1, -0.05) is 11.6 Å². The first-order chi connectivity index (χ1) is 7.15. The van der Waals surface area contributed by atoms with Gasteiger partial charge in [-0.3, -0.25) is 4.79 Å². The van der Waals surface area contributed by atoms with Crippen molar-refractivity contribution in [2.24, 2.45) is 5.73 Å². The van der Waals surface area contributed by atoms with E-state index in [9.17, 15) is 4.79 Å². The molecule has 0 spiro atoms. The molecule has 15 heavy (non-hydrogen) atoms. The van der Waals surface area contributed by atoms with Gasteiger partial charge in [0.25, 0.3) is 0 Å². The van der Waals surface area contributed by atoms with Gasteiger partial charge in [0, 0.05) is 11.1 Å². The van der Waals surface area contributed by atoms with E-state index in [1.807, 2.05) is 0 Å². The van der Waals surface area contributed by atoms with Crippen LogP contribution in [0.3, 0.4) is 0 Å². The second kappa shape index (κ2) is 3.72. The molecule has 1 heterocycles. The highest BCUT2D eigenvalue weighted by molar-refractivity contribution is 6.35. The van der Waals surface area contributed by atoms with E-state index in [1.165, 1.54) is 0 Å². The predicted molar refractivity (Wildman–Crippen MR) is 55.7 cm³/mol. The van der Waals surface area contributed by atoms with Gasteiger partial charge in [0.05, 0.1) is 11.6 Å². The lowest BCUT2D eigenvalue weighted by Crippen LogP contribution is -2.14. The van der Waals surface area contributed by atoms with Crippen molar-refractivity contribution < 1.29 is 14.3 Å². The SMILES string of the molecule is Cc1c(Cl)c(C(=O)CN)cc2c1OCO2. The van der Waals surface area contributed by atoms with E-state index in [0.29, 0.717) is 27.6 Å². The number of benzene rings is 1. The van der Waals surface area contributed by atoms with Crippen LogP contribution in [0.15, 0.2) is 6.07 Å². The molecule has 2 rings (SSSR count). The summed E-state index contributed by atoms with van der Waals surface area (Å²) >= 11 is 6.04. The Bertz CT molecular complexity index is 431. The van der Waals surface area contributed by atoms with Crippen LogP contribution in [0.25, 0.3) is 0 Å². The molecule has 0 saturated heterocycles. The summed E-state index contributed by atoms with van der Waals surface area (Å²) in [6.45, 7) is 1.87. The number of fused-ring (bicyclic) bond motifs is 1. The normalized spacial score (nSPS) is 13.0. The van der Waals surface area contributed by atoms with Gasteiger partial charge in [0.15, 0.2) is 17.3 Å². The van der Waals surface area contributed by atoms with Crippen LogP contribution in [0.2, 0.25) is 5.02 Å². The number of halogens is 1. The maximum absolute atomic E-state index is 11.5. The zero-order chi connectivity index (χ0) is 11.0. The van der Waals surface area contributed by atoms with Gasteiger partial charge >= 0.3 is 0 Å². The van der Waals surface area contributed by atoms with Crippen molar-refractivity contribution in [1.29, 1.82) is 0 Å². The van der Waals surface area contributed by atoms with Crippen LogP contribution in [0.5, 0.6) is 11.5 Å². The van der Waals surface area contributed by atoms with Gasteiger partial charge in [-0.05, 0) is 13.0 Å². The van der Waals surface area contributed by atoms with Crippen molar-refractivity contribution in [3.8, 4) is 11.5 Å². The Morgan fingerprint density at radius 3 is 3.00 bits per heavy atom. The highest BCUT2D eigenvalue weighted by Gasteiger charge is 2.23. The molecule has 0 saturated carbocycles. The van der Waals surface area contributed by atoms with E-state index in [2.05, 4.69) is 0 Å². The number of nitrogens with two attached hydrogens (primary N) is 1. The molecule has 80 valence electrons. The molecular weight excluding hydrogens is 218 g/mol. The highest BCUT2D eigenvalue weighted by Crippen LogP contribution is 2.41. The maximum Gasteiger partial charge on any atom is 0.231 e. The fourth-order valence-corrected chi connectivity index (χ4v) is 1.74. The minimum atomic E-state index is -0.207. The van der Waals surface area contributed by atoms with Gasteiger partial charge < -0.3 is 15.2 Å². The number of hydrogen-bond acceptors (Lipinski definition) is 4. The first-order valence-corrected chi connectivity index (χ1v) is 4.85. The van der Waals surface area contributed by atoms with E-state index in [-0.39, 0.29) is 19.1 Å². The van der Waals surface area contributed by atoms with Gasteiger partial charge in [-0.25, -0.2) is 0 Å². The summed E-state index contributed by atoms with van der Waals surface area (Å²) in [4.78, 5) is 11.5. The number of ketones is 1. The largest absolute Gasteiger partial charge is 0.454 e. The second-order valence-corrected chi connectivity index (χ2v) is 3.60. The van der Waals surface area contributed by atoms with Crippen LogP contribution >= 0.6 is 11.6 Å². The van der Waals surface area contributed by atoms with E-state index < -0.39 is 0 Å². The minimum Gasteiger partial charge on any atom is -0.454 e. The fourth-order valence-electron chi connectivity index (χ4n) is 1.50. The Kier molecular flexibility index (Phi) is 2.54. The van der Waals surface area contributed by atoms with Crippen molar-refractivity contribution in [3.63, 3.8) is 0 Å². The van der Waals surface area contributed by atoms with Crippen LogP contribution < -0.4 is 15.2 Å². The summed E-state index contributed by atoms with van der Waals surface area (Å²) in [5, 5.41) is 0.384. The van der Waals surface area contributed by atoms with Gasteiger partial charge in [-0.15, -0.1) is 0 Å². The first kappa shape index (κ1) is 10.3. The van der Waals surface area contributed by atoms with Crippen LogP contribution in [0, 0.1) is 6.92 Å². The molecule has 0 atom stereocenters. The first-order valence-electron chi connectivity index (χ1n) is 4.47. The zero-order valence-corrected chi connectivity index (χ0v) is 8.93. The van der Waals surface area contributed by atoms with Crippen molar-refractivity contribution >= 4 is 17.4 Å². The van der Waals surface area contributed by atoms with Gasteiger partial charge in [-0.2, -0.15) is 0 Å². The second-order valence-electron chi connectivity index (χ2n) is 3.22. The molecule has 0 radical (unpaired) electrons. The lowest BCUT2D eigenvalue weighted by molar-refractivity contribution is 0.100. The Morgan fingerprint density at radius 2 is 2.33 bits per heavy atom. The van der Waals surface area contributed by atoms with Gasteiger partial charge in [0.2, 0.25) is 6.79 Å². The zero-order valence-electron chi connectivity index (χ0n) is 8.17. The minimum absolute atomic E-state index is 0.0706. The fraction of sp³-hybridized carbons (Fsp3) is 0.300. The molecule has 1 aromatic rings. The molecule has 4 nitrogen and oxygen atoms in total. The van der Waals surface area contributed by atoms with Crippen molar-refractivity contribution in [2.75, 3.05) is 13.3 Å². The molecule has 1 aromatic carbocycles. The summed E-state index contributed by atoms with van der Waals surface area (Å²) in [5.74, 6) is 0.948. The molecule has 5 heteroatoms. The smallest absolute Gasteiger partial charge is 0.231 e. The molecule has 0 aromatic heterocycles. The summed E-state index contributed by atoms with van der Waals surface area (Å²) in [6.07, 6.45) is 0. The number of carbonyl (C=O) groups is 1. The molecule has 0 unspecified atom stereocenters. The molecule has 0 bridgehead atoms. The number of hydrogen-bond donors (Lipinski definition) is 1. The lowest BCUT2D eigenvalue weighted by atomic mass is 10.1. The third-order valence-electron chi connectivity index (χ3n) is 2.31. The molecule has 1 aliphatic heterocycles. The number of carbonyl (C=O) groups excluding carboxylic acids is 1. The van der Waals surface area contributed by atoms with Crippen LogP contribution in [0.4, 0.5) is 0 Å². The monoisotopic (exact) mass is 227 g/mol. The van der Waals surface area contributed by atoms with Crippen LogP contribution in [0.1, 0.15) is 15.9 Å². The van der Waals surface area contributed by atoms with E-state index in [4.69, 9.17) is 26.8 Å². The predicted octanol–water partition coefficient (Wildman–Crippen LogP) is 1.52. The summed E-state index contributed by atoms with van der Waals surface area (Å²) in [7, 11) is 0. The lowest BCUT2D eigenvalue weighted by Gasteiger charge is -2.07. The molecule has 1 aliphatic rings.